The molecule has 0 fully saturated rings. The van der Waals surface area contributed by atoms with Gasteiger partial charge in [0.15, 0.2) is 0 Å². The average molecular weight is 703 g/mol. The Labute approximate surface area is 298 Å². The van der Waals surface area contributed by atoms with E-state index >= 15 is 0 Å². The molecule has 1 aliphatic heterocycles. The molecule has 276 valence electrons. The number of rotatable bonds is 7. The molecule has 1 aliphatic carbocycles. The van der Waals surface area contributed by atoms with Crippen LogP contribution in [0.3, 0.4) is 0 Å². The highest BCUT2D eigenvalue weighted by Crippen LogP contribution is 2.41. The van der Waals surface area contributed by atoms with E-state index in [2.05, 4.69) is 20.4 Å². The van der Waals surface area contributed by atoms with Gasteiger partial charge in [0.1, 0.15) is 12.4 Å². The molecular formula is C39H63FN4O4S. The van der Waals surface area contributed by atoms with Crippen molar-refractivity contribution in [3.63, 3.8) is 0 Å². The highest BCUT2D eigenvalue weighted by atomic mass is 32.2. The lowest BCUT2D eigenvalue weighted by atomic mass is 9.85. The Morgan fingerprint density at radius 1 is 1.08 bits per heavy atom. The number of halogens is 1. The van der Waals surface area contributed by atoms with Crippen LogP contribution in [0.4, 0.5) is 4.39 Å². The number of aryl methyl sites for hydroxylation is 3. The first-order valence-corrected chi connectivity index (χ1v) is 18.9. The minimum absolute atomic E-state index is 0.0343. The van der Waals surface area contributed by atoms with Crippen LogP contribution in [0.15, 0.2) is 29.5 Å². The number of benzene rings is 1. The van der Waals surface area contributed by atoms with Crippen molar-refractivity contribution in [3.05, 3.63) is 74.2 Å². The summed E-state index contributed by atoms with van der Waals surface area (Å²) in [5, 5.41) is 10.3. The van der Waals surface area contributed by atoms with Crippen molar-refractivity contribution in [3.8, 4) is 11.4 Å². The maximum absolute atomic E-state index is 14.5. The van der Waals surface area contributed by atoms with Gasteiger partial charge in [0, 0.05) is 21.8 Å². The van der Waals surface area contributed by atoms with Gasteiger partial charge in [-0.2, -0.15) is 11.8 Å². The third-order valence-corrected chi connectivity index (χ3v) is 9.62. The highest BCUT2D eigenvalue weighted by Gasteiger charge is 2.31. The molecule has 5 N–H and O–H groups in total. The summed E-state index contributed by atoms with van der Waals surface area (Å²) in [5.74, 6) is -1.09. The number of nitrogens with zero attached hydrogens (tertiary/aromatic N) is 2. The maximum Gasteiger partial charge on any atom is 0.269 e. The third-order valence-electron chi connectivity index (χ3n) is 8.32. The molecular weight excluding hydrogens is 640 g/mol. The van der Waals surface area contributed by atoms with Crippen molar-refractivity contribution in [2.75, 3.05) is 6.26 Å². The van der Waals surface area contributed by atoms with Crippen molar-refractivity contribution in [2.24, 2.45) is 11.5 Å². The van der Waals surface area contributed by atoms with E-state index in [4.69, 9.17) is 21.2 Å². The van der Waals surface area contributed by atoms with Crippen LogP contribution in [0.5, 0.6) is 0 Å². The molecule has 3 heterocycles. The summed E-state index contributed by atoms with van der Waals surface area (Å²) in [7, 11) is 0. The summed E-state index contributed by atoms with van der Waals surface area (Å²) in [6.45, 7) is 27.5. The van der Waals surface area contributed by atoms with Crippen LogP contribution in [0.1, 0.15) is 122 Å². The molecule has 1 unspecified atom stereocenters. The Bertz CT molecular complexity index is 1600. The number of ether oxygens (including phenoxy) is 1. The fourth-order valence-corrected chi connectivity index (χ4v) is 5.60. The highest BCUT2D eigenvalue weighted by molar-refractivity contribution is 8.00. The zero-order chi connectivity index (χ0) is 38.2. The van der Waals surface area contributed by atoms with Gasteiger partial charge in [0.2, 0.25) is 5.91 Å². The van der Waals surface area contributed by atoms with Crippen molar-refractivity contribution in [1.29, 1.82) is 0 Å². The Morgan fingerprint density at radius 3 is 2.10 bits per heavy atom. The van der Waals surface area contributed by atoms with Crippen molar-refractivity contribution < 1.29 is 19.0 Å². The van der Waals surface area contributed by atoms with Crippen molar-refractivity contribution in [2.45, 2.75) is 139 Å². The molecule has 1 amide bonds. The van der Waals surface area contributed by atoms with Crippen molar-refractivity contribution in [1.82, 2.24) is 9.55 Å². The standard InChI is InChI=1S/C23H21FN2O3.C6H14N2OS.C4H10.3C2H6/c1-11-7-20-22-16(9-26(20)23(28)17(11)10-29-13(3)27)15-6-4-5-14-12(2)18(24)8-19(25-22)21(14)15;1-6(2,10-3)4(7)5(8)9;1-3-4-2;3*1-2/h7-8,27H,3-6,9-10H2,1-2H3;4H,7H2,1-3H3,(H2,8,9);3-4H2,1-2H3;3*1-2H3. The number of hydrogen-bond acceptors (Lipinski definition) is 7. The van der Waals surface area contributed by atoms with Gasteiger partial charge in [-0.15, -0.1) is 0 Å². The lowest BCUT2D eigenvalue weighted by Gasteiger charge is -2.26. The lowest BCUT2D eigenvalue weighted by Crippen LogP contribution is -2.49. The third kappa shape index (κ3) is 11.1. The number of hydrogen-bond donors (Lipinski definition) is 3. The second kappa shape index (κ2) is 21.7. The zero-order valence-electron chi connectivity index (χ0n) is 32.4. The number of aliphatic hydroxyl groups is 1. The minimum Gasteiger partial charge on any atom is -0.481 e. The zero-order valence-corrected chi connectivity index (χ0v) is 33.2. The molecule has 5 rings (SSSR count). The van der Waals surface area contributed by atoms with Crippen LogP contribution in [0.25, 0.3) is 22.3 Å². The topological polar surface area (TPSA) is 133 Å². The van der Waals surface area contributed by atoms with Crippen LogP contribution in [-0.2, 0) is 35.5 Å². The van der Waals surface area contributed by atoms with Gasteiger partial charge in [-0.1, -0.05) is 68.2 Å². The molecule has 0 saturated carbocycles. The second-order valence-corrected chi connectivity index (χ2v) is 13.0. The number of unbranched alkanes of at least 4 members (excludes halogenated alkanes) is 1. The van der Waals surface area contributed by atoms with Crippen LogP contribution in [-0.4, -0.2) is 37.6 Å². The molecule has 0 bridgehead atoms. The Balaban J connectivity index is 0.000000965. The number of amides is 1. The van der Waals surface area contributed by atoms with Crippen LogP contribution >= 0.6 is 11.8 Å². The van der Waals surface area contributed by atoms with Gasteiger partial charge in [-0.25, -0.2) is 9.37 Å². The average Bonchev–Trinajstić information content (AvgIpc) is 3.48. The van der Waals surface area contributed by atoms with E-state index in [-0.39, 0.29) is 22.7 Å². The van der Waals surface area contributed by atoms with E-state index < -0.39 is 17.9 Å². The fourth-order valence-electron chi connectivity index (χ4n) is 5.23. The van der Waals surface area contributed by atoms with E-state index in [9.17, 15) is 19.1 Å². The largest absolute Gasteiger partial charge is 0.481 e. The minimum atomic E-state index is -0.567. The van der Waals surface area contributed by atoms with Gasteiger partial charge in [0.25, 0.3) is 11.5 Å². The van der Waals surface area contributed by atoms with E-state index in [0.717, 1.165) is 52.7 Å². The molecule has 0 radical (unpaired) electrons. The van der Waals surface area contributed by atoms with Crippen LogP contribution in [0.2, 0.25) is 0 Å². The van der Waals surface area contributed by atoms with E-state index in [1.165, 1.54) is 36.2 Å². The molecule has 2 aromatic heterocycles. The van der Waals surface area contributed by atoms with Crippen LogP contribution < -0.4 is 17.0 Å². The summed E-state index contributed by atoms with van der Waals surface area (Å²) in [6, 6.07) is 2.88. The van der Waals surface area contributed by atoms with Gasteiger partial charge >= 0.3 is 0 Å². The molecule has 10 heteroatoms. The Hall–Kier alpha value is -3.37. The maximum atomic E-state index is 14.5. The molecule has 2 aliphatic rings. The molecule has 1 atom stereocenters. The number of thioether (sulfide) groups is 1. The molecule has 8 nitrogen and oxygen atoms in total. The summed E-state index contributed by atoms with van der Waals surface area (Å²) >= 11 is 1.54. The number of aliphatic hydroxyl groups excluding tert-OH is 1. The quantitative estimate of drug-likeness (QED) is 0.164. The van der Waals surface area contributed by atoms with E-state index in [0.29, 0.717) is 23.2 Å². The number of carbonyl (C=O) groups excluding carboxylic acids is 1. The Kier molecular flexibility index (Phi) is 20.2. The monoisotopic (exact) mass is 702 g/mol. The first-order chi connectivity index (χ1) is 23.2. The van der Waals surface area contributed by atoms with Gasteiger partial charge in [0.05, 0.1) is 35.1 Å². The molecule has 49 heavy (non-hydrogen) atoms. The Morgan fingerprint density at radius 2 is 1.63 bits per heavy atom. The number of nitrogens with two attached hydrogens (primary N) is 2. The summed E-state index contributed by atoms with van der Waals surface area (Å²) in [4.78, 5) is 28.5. The molecule has 1 aromatic carbocycles. The normalized spacial score (nSPS) is 12.3. The van der Waals surface area contributed by atoms with Crippen LogP contribution in [0, 0.1) is 19.7 Å². The van der Waals surface area contributed by atoms with E-state index in [1.807, 2.05) is 81.6 Å². The van der Waals surface area contributed by atoms with Crippen molar-refractivity contribution >= 4 is 28.6 Å². The number of pyridine rings is 2. The number of aromatic nitrogens is 2. The molecule has 0 spiro atoms. The summed E-state index contributed by atoms with van der Waals surface area (Å²) in [5.41, 5.74) is 17.8. The second-order valence-electron chi connectivity index (χ2n) is 11.6. The number of fused-ring (bicyclic) bond motifs is 4. The molecule has 0 saturated heterocycles. The van der Waals surface area contributed by atoms with E-state index in [1.54, 1.807) is 4.57 Å². The van der Waals surface area contributed by atoms with Gasteiger partial charge in [-0.3, -0.25) is 9.59 Å². The van der Waals surface area contributed by atoms with Gasteiger partial charge in [-0.05, 0) is 88.1 Å². The SMILES string of the molecule is C=C(O)OCc1c(C)cc2n(c1=O)Cc1c-2nc2cc(F)c(C)c3c2c1CCC3.CC.CC.CC.CCCC.CSC(C)(C)C(N)C(N)=O. The number of primary amides is 1. The first-order valence-electron chi connectivity index (χ1n) is 17.7. The predicted molar refractivity (Wildman–Crippen MR) is 208 cm³/mol. The molecule has 3 aromatic rings. The number of carbonyl (C=O) groups is 1. The predicted octanol–water partition coefficient (Wildman–Crippen LogP) is 9.04. The summed E-state index contributed by atoms with van der Waals surface area (Å²) < 4.78 is 21.0. The lowest BCUT2D eigenvalue weighted by molar-refractivity contribution is -0.119. The first kappa shape index (κ1) is 45.6. The van der Waals surface area contributed by atoms with Gasteiger partial charge < -0.3 is 25.9 Å². The smallest absolute Gasteiger partial charge is 0.269 e. The summed E-state index contributed by atoms with van der Waals surface area (Å²) in [6.07, 6.45) is 7.27. The fraction of sp³-hybridized carbons (Fsp3) is 0.564.